The third-order valence-electron chi connectivity index (χ3n) is 2.55. The highest BCUT2D eigenvalue weighted by molar-refractivity contribution is 9.10. The molecule has 0 aromatic heterocycles. The van der Waals surface area contributed by atoms with Crippen molar-refractivity contribution in [2.24, 2.45) is 5.73 Å². The van der Waals surface area contributed by atoms with Gasteiger partial charge in [0, 0.05) is 21.8 Å². The van der Waals surface area contributed by atoms with Gasteiger partial charge in [-0.1, -0.05) is 0 Å². The normalized spacial score (nSPS) is 11.7. The Morgan fingerprint density at radius 3 is 2.37 bits per heavy atom. The molecule has 0 aliphatic rings. The van der Waals surface area contributed by atoms with E-state index in [1.165, 1.54) is 17.0 Å². The van der Waals surface area contributed by atoms with Crippen molar-refractivity contribution >= 4 is 27.5 Å². The molecule has 0 unspecified atom stereocenters. The summed E-state index contributed by atoms with van der Waals surface area (Å²) < 4.78 is 38.2. The fourth-order valence-electron chi connectivity index (χ4n) is 1.67. The van der Waals surface area contributed by atoms with Crippen molar-refractivity contribution in [3.63, 3.8) is 0 Å². The van der Waals surface area contributed by atoms with Gasteiger partial charge in [0.1, 0.15) is 12.4 Å². The molecule has 3 nitrogen and oxygen atoms in total. The summed E-state index contributed by atoms with van der Waals surface area (Å²) in [5.41, 5.74) is 6.25. The molecule has 0 aliphatic heterocycles. The van der Waals surface area contributed by atoms with Crippen LogP contribution in [0.25, 0.3) is 0 Å². The first-order chi connectivity index (χ1) is 8.61. The number of halogens is 4. The van der Waals surface area contributed by atoms with Crippen molar-refractivity contribution in [3.8, 4) is 0 Å². The van der Waals surface area contributed by atoms with Crippen LogP contribution in [-0.4, -0.2) is 24.6 Å². The number of hydrogen-bond donors (Lipinski definition) is 2. The second-order valence-corrected chi connectivity index (χ2v) is 5.27. The van der Waals surface area contributed by atoms with E-state index >= 15 is 0 Å². The number of alkyl halides is 3. The molecule has 3 N–H and O–H groups in total. The molecule has 0 spiro atoms. The van der Waals surface area contributed by atoms with Gasteiger partial charge >= 0.3 is 6.18 Å². The van der Waals surface area contributed by atoms with Gasteiger partial charge in [-0.3, -0.25) is 5.41 Å². The van der Waals surface area contributed by atoms with Crippen LogP contribution in [0.15, 0.2) is 22.7 Å². The number of amidine groups is 1. The van der Waals surface area contributed by atoms with Gasteiger partial charge in [0.25, 0.3) is 0 Å². The van der Waals surface area contributed by atoms with Gasteiger partial charge < -0.3 is 10.6 Å². The van der Waals surface area contributed by atoms with Crippen LogP contribution in [-0.2, 0) is 0 Å². The molecule has 0 radical (unpaired) electrons. The van der Waals surface area contributed by atoms with Crippen molar-refractivity contribution < 1.29 is 13.2 Å². The summed E-state index contributed by atoms with van der Waals surface area (Å²) in [6.45, 7) is 2.37. The van der Waals surface area contributed by atoms with Gasteiger partial charge in [0.05, 0.1) is 0 Å². The molecule has 0 saturated heterocycles. The Morgan fingerprint density at radius 2 is 2.00 bits per heavy atom. The maximum absolute atomic E-state index is 12.6. The average Bonchev–Trinajstić information content (AvgIpc) is 2.23. The van der Waals surface area contributed by atoms with E-state index in [9.17, 15) is 13.2 Å². The lowest BCUT2D eigenvalue weighted by atomic mass is 10.1. The average molecular weight is 338 g/mol. The van der Waals surface area contributed by atoms with Crippen molar-refractivity contribution in [2.75, 3.05) is 11.4 Å². The van der Waals surface area contributed by atoms with Crippen molar-refractivity contribution in [1.82, 2.24) is 0 Å². The molecule has 0 fully saturated rings. The Balaban J connectivity index is 3.11. The molecule has 19 heavy (non-hydrogen) atoms. The Hall–Kier alpha value is -1.24. The van der Waals surface area contributed by atoms with Gasteiger partial charge in [0.15, 0.2) is 0 Å². The minimum absolute atomic E-state index is 0.134. The Morgan fingerprint density at radius 1 is 1.42 bits per heavy atom. The molecule has 106 valence electrons. The fourth-order valence-corrected chi connectivity index (χ4v) is 2.25. The van der Waals surface area contributed by atoms with E-state index in [1.54, 1.807) is 19.9 Å². The Bertz CT molecular complexity index is 472. The van der Waals surface area contributed by atoms with Crippen LogP contribution in [0.5, 0.6) is 0 Å². The zero-order valence-corrected chi connectivity index (χ0v) is 12.1. The fraction of sp³-hybridized carbons (Fsp3) is 0.417. The molecular formula is C12H15BrF3N3. The van der Waals surface area contributed by atoms with Crippen LogP contribution >= 0.6 is 15.9 Å². The molecular weight excluding hydrogens is 323 g/mol. The second kappa shape index (κ2) is 5.81. The molecule has 1 aromatic rings. The number of nitrogens with two attached hydrogens (primary N) is 1. The molecule has 0 bridgehead atoms. The van der Waals surface area contributed by atoms with Crippen LogP contribution in [0.3, 0.4) is 0 Å². The summed E-state index contributed by atoms with van der Waals surface area (Å²) >= 11 is 3.22. The van der Waals surface area contributed by atoms with E-state index in [0.29, 0.717) is 15.7 Å². The Kier molecular flexibility index (Phi) is 4.84. The zero-order chi connectivity index (χ0) is 14.8. The molecule has 0 atom stereocenters. The van der Waals surface area contributed by atoms with Crippen LogP contribution in [0.2, 0.25) is 0 Å². The maximum Gasteiger partial charge on any atom is 0.405 e. The third-order valence-corrected chi connectivity index (χ3v) is 3.20. The number of nitrogen functional groups attached to an aromatic ring is 1. The topological polar surface area (TPSA) is 53.1 Å². The van der Waals surface area contributed by atoms with Gasteiger partial charge in [-0.05, 0) is 48.0 Å². The predicted molar refractivity (Wildman–Crippen MR) is 73.7 cm³/mol. The first kappa shape index (κ1) is 15.8. The predicted octanol–water partition coefficient (Wildman–Crippen LogP) is 3.51. The van der Waals surface area contributed by atoms with E-state index in [-0.39, 0.29) is 11.9 Å². The minimum atomic E-state index is -4.27. The van der Waals surface area contributed by atoms with Crippen molar-refractivity contribution in [2.45, 2.75) is 26.1 Å². The second-order valence-electron chi connectivity index (χ2n) is 4.41. The van der Waals surface area contributed by atoms with Gasteiger partial charge in [-0.25, -0.2) is 0 Å². The highest BCUT2D eigenvalue weighted by Crippen LogP contribution is 2.28. The van der Waals surface area contributed by atoms with Gasteiger partial charge in [-0.15, -0.1) is 0 Å². The molecule has 0 amide bonds. The highest BCUT2D eigenvalue weighted by Gasteiger charge is 2.32. The minimum Gasteiger partial charge on any atom is -0.384 e. The number of anilines is 1. The summed E-state index contributed by atoms with van der Waals surface area (Å²) in [6.07, 6.45) is -4.27. The first-order valence-corrected chi connectivity index (χ1v) is 6.38. The van der Waals surface area contributed by atoms with Crippen molar-refractivity contribution in [1.29, 1.82) is 5.41 Å². The SMILES string of the molecule is CC(C)N(CC(F)(F)F)c1ccc(C(=N)N)c(Br)c1. The lowest BCUT2D eigenvalue weighted by Crippen LogP contribution is -2.39. The van der Waals surface area contributed by atoms with Crippen molar-refractivity contribution in [3.05, 3.63) is 28.2 Å². The maximum atomic E-state index is 12.6. The molecule has 1 rings (SSSR count). The lowest BCUT2D eigenvalue weighted by molar-refractivity contribution is -0.120. The van der Waals surface area contributed by atoms with Crippen LogP contribution < -0.4 is 10.6 Å². The summed E-state index contributed by atoms with van der Waals surface area (Å²) in [5, 5.41) is 7.34. The van der Waals surface area contributed by atoms with E-state index in [4.69, 9.17) is 11.1 Å². The molecule has 7 heteroatoms. The molecule has 0 aliphatic carbocycles. The smallest absolute Gasteiger partial charge is 0.384 e. The molecule has 0 saturated carbocycles. The number of rotatable bonds is 4. The van der Waals surface area contributed by atoms with E-state index in [2.05, 4.69) is 15.9 Å². The van der Waals surface area contributed by atoms with Crippen LogP contribution in [0.4, 0.5) is 18.9 Å². The van der Waals surface area contributed by atoms with E-state index in [1.807, 2.05) is 0 Å². The summed E-state index contributed by atoms with van der Waals surface area (Å²) in [5.74, 6) is -0.134. The number of hydrogen-bond acceptors (Lipinski definition) is 2. The molecule has 1 aromatic carbocycles. The van der Waals surface area contributed by atoms with Crippen LogP contribution in [0, 0.1) is 5.41 Å². The standard InChI is InChI=1S/C12H15BrF3N3/c1-7(2)19(6-12(14,15)16)8-3-4-9(11(17)18)10(13)5-8/h3-5,7H,6H2,1-2H3,(H3,17,18). The highest BCUT2D eigenvalue weighted by atomic mass is 79.9. The summed E-state index contributed by atoms with van der Waals surface area (Å²) in [4.78, 5) is 1.24. The summed E-state index contributed by atoms with van der Waals surface area (Å²) in [6, 6.07) is 4.32. The third kappa shape index (κ3) is 4.41. The monoisotopic (exact) mass is 337 g/mol. The Labute approximate surface area is 118 Å². The van der Waals surface area contributed by atoms with E-state index in [0.717, 1.165) is 0 Å². The molecule has 0 heterocycles. The number of benzene rings is 1. The van der Waals surface area contributed by atoms with E-state index < -0.39 is 12.7 Å². The number of nitrogens with zero attached hydrogens (tertiary/aromatic N) is 1. The van der Waals surface area contributed by atoms with Crippen LogP contribution in [0.1, 0.15) is 19.4 Å². The number of nitrogens with one attached hydrogen (secondary N) is 1. The lowest BCUT2D eigenvalue weighted by Gasteiger charge is -2.30. The van der Waals surface area contributed by atoms with Gasteiger partial charge in [-0.2, -0.15) is 13.2 Å². The zero-order valence-electron chi connectivity index (χ0n) is 10.6. The van der Waals surface area contributed by atoms with Gasteiger partial charge in [0.2, 0.25) is 0 Å². The quantitative estimate of drug-likeness (QED) is 0.652. The first-order valence-electron chi connectivity index (χ1n) is 5.59. The summed E-state index contributed by atoms with van der Waals surface area (Å²) in [7, 11) is 0. The largest absolute Gasteiger partial charge is 0.405 e.